The Morgan fingerprint density at radius 3 is 2.71 bits per heavy atom. The number of pyridine rings is 1. The summed E-state index contributed by atoms with van der Waals surface area (Å²) >= 11 is 0. The van der Waals surface area contributed by atoms with Crippen LogP contribution in [0.1, 0.15) is 35.7 Å². The van der Waals surface area contributed by atoms with Gasteiger partial charge in [-0.15, -0.1) is 0 Å². The maximum atomic E-state index is 12.2. The fraction of sp³-hybridized carbons (Fsp3) is 0.278. The molecule has 1 amide bonds. The van der Waals surface area contributed by atoms with Gasteiger partial charge in [0.25, 0.3) is 5.91 Å². The van der Waals surface area contributed by atoms with E-state index in [-0.39, 0.29) is 18.4 Å². The van der Waals surface area contributed by atoms with Gasteiger partial charge in [-0.05, 0) is 25.0 Å². The number of carbonyl (C=O) groups is 2. The van der Waals surface area contributed by atoms with Gasteiger partial charge in [0.05, 0.1) is 0 Å². The Balaban J connectivity index is 1.91. The largest absolute Gasteiger partial charge is 0.481 e. The number of carboxylic acid groups (broad SMARTS) is 1. The van der Waals surface area contributed by atoms with Gasteiger partial charge in [0.2, 0.25) is 5.88 Å². The number of hydrogen-bond donors (Lipinski definition) is 2. The van der Waals surface area contributed by atoms with Gasteiger partial charge in [0.15, 0.2) is 0 Å². The van der Waals surface area contributed by atoms with Crippen LogP contribution in [0.4, 0.5) is 0 Å². The van der Waals surface area contributed by atoms with Crippen LogP contribution in [0.25, 0.3) is 0 Å². The van der Waals surface area contributed by atoms with Crippen molar-refractivity contribution in [1.29, 1.82) is 0 Å². The molecule has 6 nitrogen and oxygen atoms in total. The number of rotatable bonds is 8. The second-order valence-corrected chi connectivity index (χ2v) is 5.46. The van der Waals surface area contributed by atoms with Crippen molar-refractivity contribution in [1.82, 2.24) is 10.3 Å². The molecule has 2 rings (SSSR count). The molecule has 0 saturated heterocycles. The molecule has 126 valence electrons. The van der Waals surface area contributed by atoms with Crippen LogP contribution < -0.4 is 10.1 Å². The number of carbonyl (C=O) groups excluding carboxylic acids is 1. The highest BCUT2D eigenvalue weighted by Crippen LogP contribution is 2.12. The molecule has 0 spiro atoms. The van der Waals surface area contributed by atoms with Gasteiger partial charge in [0.1, 0.15) is 6.61 Å². The quantitative estimate of drug-likeness (QED) is 0.778. The number of carboxylic acids is 1. The Kier molecular flexibility index (Phi) is 6.31. The molecule has 1 aromatic heterocycles. The lowest BCUT2D eigenvalue weighted by Gasteiger charge is -2.13. The van der Waals surface area contributed by atoms with Crippen molar-refractivity contribution in [2.75, 3.05) is 0 Å². The number of nitrogens with one attached hydrogen (secondary N) is 1. The Morgan fingerprint density at radius 2 is 2.00 bits per heavy atom. The van der Waals surface area contributed by atoms with Crippen molar-refractivity contribution in [3.63, 3.8) is 0 Å². The van der Waals surface area contributed by atoms with Crippen molar-refractivity contribution < 1.29 is 19.4 Å². The van der Waals surface area contributed by atoms with Crippen molar-refractivity contribution in [2.24, 2.45) is 0 Å². The maximum Gasteiger partial charge on any atom is 0.303 e. The molecule has 0 aliphatic carbocycles. The van der Waals surface area contributed by atoms with Gasteiger partial charge in [-0.2, -0.15) is 0 Å². The highest BCUT2D eigenvalue weighted by molar-refractivity contribution is 5.94. The molecule has 0 aliphatic heterocycles. The van der Waals surface area contributed by atoms with Crippen LogP contribution in [0.5, 0.6) is 5.88 Å². The first kappa shape index (κ1) is 17.5. The Hall–Kier alpha value is -2.89. The summed E-state index contributed by atoms with van der Waals surface area (Å²) in [6.45, 7) is 2.14. The third-order valence-electron chi connectivity index (χ3n) is 3.40. The van der Waals surface area contributed by atoms with E-state index in [9.17, 15) is 9.59 Å². The summed E-state index contributed by atoms with van der Waals surface area (Å²) in [5, 5.41) is 11.4. The SMILES string of the molecule is CC(CCC(=O)O)NC(=O)c1ccnc(OCc2ccccc2)c1. The monoisotopic (exact) mass is 328 g/mol. The molecule has 0 fully saturated rings. The normalized spacial score (nSPS) is 11.5. The molecule has 2 aromatic rings. The molecule has 0 saturated carbocycles. The molecular formula is C18H20N2O4. The summed E-state index contributed by atoms with van der Waals surface area (Å²) in [5.74, 6) is -0.791. The second-order valence-electron chi connectivity index (χ2n) is 5.46. The zero-order chi connectivity index (χ0) is 17.4. The van der Waals surface area contributed by atoms with E-state index in [4.69, 9.17) is 9.84 Å². The van der Waals surface area contributed by atoms with E-state index in [1.54, 1.807) is 19.1 Å². The van der Waals surface area contributed by atoms with Gasteiger partial charge >= 0.3 is 5.97 Å². The van der Waals surface area contributed by atoms with Gasteiger partial charge in [-0.25, -0.2) is 4.98 Å². The zero-order valence-corrected chi connectivity index (χ0v) is 13.4. The highest BCUT2D eigenvalue weighted by atomic mass is 16.5. The number of hydrogen-bond acceptors (Lipinski definition) is 4. The lowest BCUT2D eigenvalue weighted by atomic mass is 10.1. The number of aliphatic carboxylic acids is 1. The van der Waals surface area contributed by atoms with E-state index >= 15 is 0 Å². The fourth-order valence-electron chi connectivity index (χ4n) is 2.08. The molecule has 1 unspecified atom stereocenters. The molecule has 1 aromatic carbocycles. The van der Waals surface area contributed by atoms with Crippen molar-refractivity contribution in [2.45, 2.75) is 32.4 Å². The van der Waals surface area contributed by atoms with E-state index < -0.39 is 5.97 Å². The van der Waals surface area contributed by atoms with Gasteiger partial charge in [-0.1, -0.05) is 30.3 Å². The van der Waals surface area contributed by atoms with Gasteiger partial charge < -0.3 is 15.2 Å². The number of benzene rings is 1. The second kappa shape index (κ2) is 8.67. The minimum absolute atomic E-state index is 0.0171. The van der Waals surface area contributed by atoms with Gasteiger partial charge in [0, 0.05) is 30.3 Å². The summed E-state index contributed by atoms with van der Waals surface area (Å²) in [7, 11) is 0. The maximum absolute atomic E-state index is 12.2. The summed E-state index contributed by atoms with van der Waals surface area (Å²) in [5.41, 5.74) is 1.44. The van der Waals surface area contributed by atoms with Crippen molar-refractivity contribution in [3.05, 3.63) is 59.8 Å². The van der Waals surface area contributed by atoms with E-state index in [0.717, 1.165) is 5.56 Å². The first-order chi connectivity index (χ1) is 11.5. The molecule has 0 bridgehead atoms. The van der Waals surface area contributed by atoms with Crippen LogP contribution in [0.2, 0.25) is 0 Å². The third kappa shape index (κ3) is 5.72. The average molecular weight is 328 g/mol. The van der Waals surface area contributed by atoms with E-state index in [1.807, 2.05) is 30.3 Å². The van der Waals surface area contributed by atoms with Crippen molar-refractivity contribution in [3.8, 4) is 5.88 Å². The Bertz CT molecular complexity index is 688. The van der Waals surface area contributed by atoms with E-state index in [1.165, 1.54) is 6.20 Å². The molecular weight excluding hydrogens is 308 g/mol. The minimum Gasteiger partial charge on any atom is -0.481 e. The van der Waals surface area contributed by atoms with Crippen LogP contribution in [0, 0.1) is 0 Å². The average Bonchev–Trinajstić information content (AvgIpc) is 2.59. The Labute approximate surface area is 140 Å². The van der Waals surface area contributed by atoms with Crippen LogP contribution in [0.3, 0.4) is 0 Å². The summed E-state index contributed by atoms with van der Waals surface area (Å²) in [6, 6.07) is 12.6. The first-order valence-corrected chi connectivity index (χ1v) is 7.70. The lowest BCUT2D eigenvalue weighted by molar-refractivity contribution is -0.137. The molecule has 6 heteroatoms. The van der Waals surface area contributed by atoms with Crippen LogP contribution >= 0.6 is 0 Å². The van der Waals surface area contributed by atoms with Gasteiger partial charge in [-0.3, -0.25) is 9.59 Å². The lowest BCUT2D eigenvalue weighted by Crippen LogP contribution is -2.32. The number of ether oxygens (including phenoxy) is 1. The molecule has 0 radical (unpaired) electrons. The van der Waals surface area contributed by atoms with E-state index in [2.05, 4.69) is 10.3 Å². The predicted molar refractivity (Wildman–Crippen MR) is 88.8 cm³/mol. The molecule has 0 aliphatic rings. The topological polar surface area (TPSA) is 88.5 Å². The van der Waals surface area contributed by atoms with Crippen LogP contribution in [-0.4, -0.2) is 28.0 Å². The zero-order valence-electron chi connectivity index (χ0n) is 13.4. The number of aromatic nitrogens is 1. The van der Waals surface area contributed by atoms with Crippen LogP contribution in [0.15, 0.2) is 48.7 Å². The summed E-state index contributed by atoms with van der Waals surface area (Å²) in [4.78, 5) is 26.8. The number of nitrogens with zero attached hydrogens (tertiary/aromatic N) is 1. The first-order valence-electron chi connectivity index (χ1n) is 7.70. The Morgan fingerprint density at radius 1 is 1.25 bits per heavy atom. The predicted octanol–water partition coefficient (Wildman–Crippen LogP) is 2.64. The van der Waals surface area contributed by atoms with E-state index in [0.29, 0.717) is 24.5 Å². The summed E-state index contributed by atoms with van der Waals surface area (Å²) in [6.07, 6.45) is 1.91. The molecule has 1 heterocycles. The fourth-order valence-corrected chi connectivity index (χ4v) is 2.08. The van der Waals surface area contributed by atoms with Crippen molar-refractivity contribution >= 4 is 11.9 Å². The standard InChI is InChI=1S/C18H20N2O4/c1-13(7-8-17(21)22)20-18(23)15-9-10-19-16(11-15)24-12-14-5-3-2-4-6-14/h2-6,9-11,13H,7-8,12H2,1H3,(H,20,23)(H,21,22). The van der Waals surface area contributed by atoms with Crippen LogP contribution in [-0.2, 0) is 11.4 Å². The molecule has 2 N–H and O–H groups in total. The molecule has 24 heavy (non-hydrogen) atoms. The smallest absolute Gasteiger partial charge is 0.303 e. The summed E-state index contributed by atoms with van der Waals surface area (Å²) < 4.78 is 5.60. The highest BCUT2D eigenvalue weighted by Gasteiger charge is 2.12. The molecule has 1 atom stereocenters. The minimum atomic E-state index is -0.878. The number of amides is 1. The third-order valence-corrected chi connectivity index (χ3v) is 3.40.